The number of nitrogens with zero attached hydrogens (tertiary/aromatic N) is 2. The lowest BCUT2D eigenvalue weighted by Gasteiger charge is -2.15. The zero-order valence-corrected chi connectivity index (χ0v) is 9.42. The molecule has 1 fully saturated rings. The number of hydrogen-bond donors (Lipinski definition) is 1. The Balaban J connectivity index is 2.00. The summed E-state index contributed by atoms with van der Waals surface area (Å²) >= 11 is 0. The zero-order chi connectivity index (χ0) is 10.3. The van der Waals surface area contributed by atoms with Crippen molar-refractivity contribution in [1.29, 1.82) is 0 Å². The molecule has 0 spiro atoms. The highest BCUT2D eigenvalue weighted by molar-refractivity contribution is 5.30. The third-order valence-corrected chi connectivity index (χ3v) is 3.43. The maximum atomic E-state index is 4.82. The van der Waals surface area contributed by atoms with Gasteiger partial charge in [-0.1, -0.05) is 13.3 Å². The lowest BCUT2D eigenvalue weighted by atomic mass is 10.0. The van der Waals surface area contributed by atoms with Gasteiger partial charge in [-0.15, -0.1) is 0 Å². The molecule has 0 bridgehead atoms. The number of nitrogens with one attached hydrogen (secondary N) is 1. The number of fused-ring (bicyclic) bond motifs is 1. The zero-order valence-electron chi connectivity index (χ0n) is 9.42. The second kappa shape index (κ2) is 3.63. The van der Waals surface area contributed by atoms with Crippen LogP contribution in [0.4, 0.5) is 0 Å². The molecule has 1 aliphatic carbocycles. The molecular formula is C12H19N3. The van der Waals surface area contributed by atoms with Gasteiger partial charge in [0.15, 0.2) is 0 Å². The van der Waals surface area contributed by atoms with Crippen LogP contribution in [0.1, 0.15) is 49.2 Å². The molecule has 0 atom stereocenters. The highest BCUT2D eigenvalue weighted by Crippen LogP contribution is 2.37. The van der Waals surface area contributed by atoms with Crippen LogP contribution in [-0.4, -0.2) is 16.3 Å². The van der Waals surface area contributed by atoms with Crippen LogP contribution in [0.2, 0.25) is 0 Å². The highest BCUT2D eigenvalue weighted by atomic mass is 15.3. The Morgan fingerprint density at radius 2 is 2.33 bits per heavy atom. The van der Waals surface area contributed by atoms with E-state index in [0.717, 1.165) is 25.6 Å². The van der Waals surface area contributed by atoms with E-state index in [1.165, 1.54) is 37.1 Å². The van der Waals surface area contributed by atoms with E-state index in [9.17, 15) is 0 Å². The van der Waals surface area contributed by atoms with E-state index < -0.39 is 0 Å². The van der Waals surface area contributed by atoms with Crippen molar-refractivity contribution in [2.24, 2.45) is 0 Å². The summed E-state index contributed by atoms with van der Waals surface area (Å²) < 4.78 is 2.31. The van der Waals surface area contributed by atoms with Gasteiger partial charge in [-0.25, -0.2) is 0 Å². The molecule has 1 N–H and O–H groups in total. The van der Waals surface area contributed by atoms with Gasteiger partial charge in [-0.3, -0.25) is 4.68 Å². The second-order valence-corrected chi connectivity index (χ2v) is 4.72. The van der Waals surface area contributed by atoms with Gasteiger partial charge < -0.3 is 5.32 Å². The lowest BCUT2D eigenvalue weighted by Crippen LogP contribution is -2.25. The molecule has 3 nitrogen and oxygen atoms in total. The normalized spacial score (nSPS) is 20.3. The van der Waals surface area contributed by atoms with Crippen LogP contribution in [0.5, 0.6) is 0 Å². The minimum atomic E-state index is 0.726. The molecule has 0 radical (unpaired) electrons. The number of aryl methyl sites for hydroxylation is 1. The Bertz CT molecular complexity index is 363. The smallest absolute Gasteiger partial charge is 0.0660 e. The summed E-state index contributed by atoms with van der Waals surface area (Å²) in [5.74, 6) is 0. The van der Waals surface area contributed by atoms with Crippen molar-refractivity contribution < 1.29 is 0 Å². The van der Waals surface area contributed by atoms with Gasteiger partial charge in [0.1, 0.15) is 0 Å². The predicted molar refractivity (Wildman–Crippen MR) is 59.9 cm³/mol. The summed E-state index contributed by atoms with van der Waals surface area (Å²) in [6, 6.07) is 0.726. The van der Waals surface area contributed by atoms with E-state index in [1.807, 2.05) is 0 Å². The van der Waals surface area contributed by atoms with Gasteiger partial charge in [-0.2, -0.15) is 5.10 Å². The molecule has 1 aliphatic heterocycles. The van der Waals surface area contributed by atoms with Crippen molar-refractivity contribution in [3.63, 3.8) is 0 Å². The van der Waals surface area contributed by atoms with Crippen LogP contribution in [-0.2, 0) is 19.4 Å². The standard InChI is InChI=1S/C12H19N3/c1-2-3-11-10-6-7-13-8-12(10)15(14-11)9-4-5-9/h9,13H,2-8H2,1H3. The van der Waals surface area contributed by atoms with Crippen LogP contribution in [0, 0.1) is 0 Å². The highest BCUT2D eigenvalue weighted by Gasteiger charge is 2.30. The first kappa shape index (κ1) is 9.40. The van der Waals surface area contributed by atoms with Gasteiger partial charge in [0.25, 0.3) is 0 Å². The van der Waals surface area contributed by atoms with Crippen molar-refractivity contribution in [3.05, 3.63) is 17.0 Å². The van der Waals surface area contributed by atoms with E-state index in [1.54, 1.807) is 5.56 Å². The topological polar surface area (TPSA) is 29.9 Å². The molecule has 0 aromatic carbocycles. The minimum absolute atomic E-state index is 0.726. The van der Waals surface area contributed by atoms with Crippen LogP contribution in [0.15, 0.2) is 0 Å². The van der Waals surface area contributed by atoms with Crippen molar-refractivity contribution in [1.82, 2.24) is 15.1 Å². The van der Waals surface area contributed by atoms with Gasteiger partial charge in [-0.05, 0) is 37.8 Å². The molecule has 0 saturated heterocycles. The van der Waals surface area contributed by atoms with Gasteiger partial charge in [0.2, 0.25) is 0 Å². The van der Waals surface area contributed by atoms with Crippen molar-refractivity contribution in [2.75, 3.05) is 6.54 Å². The monoisotopic (exact) mass is 205 g/mol. The predicted octanol–water partition coefficient (Wildman–Crippen LogP) is 1.82. The first-order valence-corrected chi connectivity index (χ1v) is 6.20. The summed E-state index contributed by atoms with van der Waals surface area (Å²) in [5, 5.41) is 8.28. The Labute approximate surface area is 90.9 Å². The van der Waals surface area contributed by atoms with Crippen LogP contribution in [0.25, 0.3) is 0 Å². The summed E-state index contributed by atoms with van der Waals surface area (Å²) in [5.41, 5.74) is 4.41. The molecule has 1 aromatic rings. The fourth-order valence-electron chi connectivity index (χ4n) is 2.51. The van der Waals surface area contributed by atoms with Gasteiger partial charge in [0.05, 0.1) is 17.4 Å². The minimum Gasteiger partial charge on any atom is -0.311 e. The molecule has 0 amide bonds. The van der Waals surface area contributed by atoms with E-state index in [-0.39, 0.29) is 0 Å². The quantitative estimate of drug-likeness (QED) is 0.815. The number of hydrogen-bond acceptors (Lipinski definition) is 2. The summed E-state index contributed by atoms with van der Waals surface area (Å²) in [6.07, 6.45) is 6.21. The van der Waals surface area contributed by atoms with Crippen LogP contribution in [0.3, 0.4) is 0 Å². The van der Waals surface area contributed by atoms with Gasteiger partial charge >= 0.3 is 0 Å². The summed E-state index contributed by atoms with van der Waals surface area (Å²) in [6.45, 7) is 4.40. The number of rotatable bonds is 3. The van der Waals surface area contributed by atoms with E-state index in [4.69, 9.17) is 5.10 Å². The maximum Gasteiger partial charge on any atom is 0.0660 e. The van der Waals surface area contributed by atoms with Gasteiger partial charge in [0, 0.05) is 6.54 Å². The molecule has 2 aliphatic rings. The van der Waals surface area contributed by atoms with E-state index in [2.05, 4.69) is 16.9 Å². The van der Waals surface area contributed by atoms with Crippen LogP contribution >= 0.6 is 0 Å². The second-order valence-electron chi connectivity index (χ2n) is 4.72. The first-order chi connectivity index (χ1) is 7.40. The Morgan fingerprint density at radius 1 is 1.47 bits per heavy atom. The largest absolute Gasteiger partial charge is 0.311 e. The molecule has 0 unspecified atom stereocenters. The summed E-state index contributed by atoms with van der Waals surface area (Å²) in [4.78, 5) is 0. The van der Waals surface area contributed by atoms with E-state index >= 15 is 0 Å². The average molecular weight is 205 g/mol. The third kappa shape index (κ3) is 1.59. The third-order valence-electron chi connectivity index (χ3n) is 3.43. The maximum absolute atomic E-state index is 4.82. The molecular weight excluding hydrogens is 186 g/mol. The molecule has 82 valence electrons. The Hall–Kier alpha value is -0.830. The number of aromatic nitrogens is 2. The lowest BCUT2D eigenvalue weighted by molar-refractivity contribution is 0.549. The SMILES string of the molecule is CCCc1nn(C2CC2)c2c1CCNC2. The molecule has 3 rings (SSSR count). The molecule has 3 heteroatoms. The fraction of sp³-hybridized carbons (Fsp3) is 0.750. The van der Waals surface area contributed by atoms with Crippen molar-refractivity contribution >= 4 is 0 Å². The van der Waals surface area contributed by atoms with Crippen molar-refractivity contribution in [2.45, 2.75) is 51.6 Å². The van der Waals surface area contributed by atoms with Crippen molar-refractivity contribution in [3.8, 4) is 0 Å². The molecule has 2 heterocycles. The Morgan fingerprint density at radius 3 is 3.07 bits per heavy atom. The molecule has 1 saturated carbocycles. The fourth-order valence-corrected chi connectivity index (χ4v) is 2.51. The van der Waals surface area contributed by atoms with E-state index in [0.29, 0.717) is 0 Å². The molecule has 1 aromatic heterocycles. The summed E-state index contributed by atoms with van der Waals surface area (Å²) in [7, 11) is 0. The van der Waals surface area contributed by atoms with Crippen LogP contribution < -0.4 is 5.32 Å². The first-order valence-electron chi connectivity index (χ1n) is 6.20. The molecule has 15 heavy (non-hydrogen) atoms. The average Bonchev–Trinajstić information content (AvgIpc) is 3.04. The Kier molecular flexibility index (Phi) is 2.28.